The largest absolute Gasteiger partial charge is 0.494 e. The zero-order chi connectivity index (χ0) is 14.8. The smallest absolute Gasteiger partial charge is 0.200 e. The van der Waals surface area contributed by atoms with Gasteiger partial charge in [0.15, 0.2) is 11.6 Å². The maximum Gasteiger partial charge on any atom is 0.200 e. The molecule has 2 N–H and O–H groups in total. The quantitative estimate of drug-likeness (QED) is 0.753. The van der Waals surface area contributed by atoms with Crippen LogP contribution in [0.4, 0.5) is 8.78 Å². The third kappa shape index (κ3) is 2.31. The third-order valence-corrected chi connectivity index (χ3v) is 3.47. The first-order valence-corrected chi connectivity index (χ1v) is 6.51. The number of nitrogens with one attached hydrogen (secondary N) is 2. The molecule has 2 heterocycles. The lowest BCUT2D eigenvalue weighted by Gasteiger charge is -2.17. The van der Waals surface area contributed by atoms with Gasteiger partial charge >= 0.3 is 0 Å². The van der Waals surface area contributed by atoms with Crippen molar-refractivity contribution in [3.05, 3.63) is 77.4 Å². The van der Waals surface area contributed by atoms with E-state index in [-0.39, 0.29) is 11.3 Å². The Morgan fingerprint density at radius 2 is 1.52 bits per heavy atom. The van der Waals surface area contributed by atoms with E-state index in [0.717, 1.165) is 11.4 Å². The maximum atomic E-state index is 14.4. The van der Waals surface area contributed by atoms with E-state index < -0.39 is 17.6 Å². The lowest BCUT2D eigenvalue weighted by Crippen LogP contribution is -2.08. The highest BCUT2D eigenvalue weighted by Gasteiger charge is 2.25. The van der Waals surface area contributed by atoms with Crippen LogP contribution < -0.4 is 4.74 Å². The van der Waals surface area contributed by atoms with Gasteiger partial charge in [-0.2, -0.15) is 4.39 Å². The number of halogens is 2. The Balaban J connectivity index is 2.16. The summed E-state index contributed by atoms with van der Waals surface area (Å²) in [6, 6.07) is 10.3. The second kappa shape index (κ2) is 5.44. The lowest BCUT2D eigenvalue weighted by molar-refractivity contribution is 0.370. The van der Waals surface area contributed by atoms with E-state index in [1.54, 1.807) is 18.5 Å². The van der Waals surface area contributed by atoms with Crippen molar-refractivity contribution < 1.29 is 13.5 Å². The van der Waals surface area contributed by atoms with Gasteiger partial charge in [-0.3, -0.25) is 0 Å². The molecule has 0 aliphatic heterocycles. The summed E-state index contributed by atoms with van der Waals surface area (Å²) < 4.78 is 33.2. The van der Waals surface area contributed by atoms with Crippen molar-refractivity contribution in [2.75, 3.05) is 7.11 Å². The van der Waals surface area contributed by atoms with Gasteiger partial charge in [0.2, 0.25) is 5.82 Å². The van der Waals surface area contributed by atoms with Crippen LogP contribution in [-0.2, 0) is 0 Å². The number of hydrogen-bond donors (Lipinski definition) is 2. The van der Waals surface area contributed by atoms with Gasteiger partial charge in [-0.1, -0.05) is 6.07 Å². The topological polar surface area (TPSA) is 40.8 Å². The maximum absolute atomic E-state index is 14.4. The fourth-order valence-electron chi connectivity index (χ4n) is 2.48. The van der Waals surface area contributed by atoms with Crippen LogP contribution in [0.15, 0.2) is 48.8 Å². The van der Waals surface area contributed by atoms with Gasteiger partial charge in [0, 0.05) is 29.3 Å². The van der Waals surface area contributed by atoms with Crippen LogP contribution in [-0.4, -0.2) is 17.1 Å². The van der Waals surface area contributed by atoms with E-state index in [0.29, 0.717) is 0 Å². The summed E-state index contributed by atoms with van der Waals surface area (Å²) in [4.78, 5) is 6.12. The van der Waals surface area contributed by atoms with Gasteiger partial charge in [0.25, 0.3) is 0 Å². The zero-order valence-corrected chi connectivity index (χ0v) is 11.4. The Morgan fingerprint density at radius 1 is 0.905 bits per heavy atom. The monoisotopic (exact) mass is 288 g/mol. The molecule has 0 aliphatic rings. The summed E-state index contributed by atoms with van der Waals surface area (Å²) >= 11 is 0. The van der Waals surface area contributed by atoms with Crippen molar-refractivity contribution in [1.29, 1.82) is 0 Å². The molecule has 2 aromatic heterocycles. The fraction of sp³-hybridized carbons (Fsp3) is 0.125. The number of rotatable bonds is 4. The molecule has 1 aromatic carbocycles. The van der Waals surface area contributed by atoms with Crippen LogP contribution in [0.2, 0.25) is 0 Å². The number of benzene rings is 1. The minimum atomic E-state index is -0.974. The Labute approximate surface area is 120 Å². The molecular weight excluding hydrogens is 274 g/mol. The van der Waals surface area contributed by atoms with Gasteiger partial charge in [-0.05, 0) is 30.3 Å². The fourth-order valence-corrected chi connectivity index (χ4v) is 2.48. The predicted octanol–water partition coefficient (Wildman–Crippen LogP) is 3.81. The molecule has 0 spiro atoms. The summed E-state index contributed by atoms with van der Waals surface area (Å²) in [6.07, 6.45) is 3.51. The molecule has 0 aliphatic carbocycles. The molecule has 108 valence electrons. The van der Waals surface area contributed by atoms with Gasteiger partial charge < -0.3 is 14.7 Å². The van der Waals surface area contributed by atoms with Gasteiger partial charge in [0.05, 0.1) is 13.0 Å². The van der Waals surface area contributed by atoms with E-state index in [2.05, 4.69) is 9.97 Å². The van der Waals surface area contributed by atoms with Crippen LogP contribution in [0.25, 0.3) is 0 Å². The molecule has 3 rings (SSSR count). The first-order chi connectivity index (χ1) is 10.2. The van der Waals surface area contributed by atoms with Crippen molar-refractivity contribution in [3.8, 4) is 5.75 Å². The molecule has 0 fully saturated rings. The Kier molecular flexibility index (Phi) is 3.48. The normalized spacial score (nSPS) is 11.0. The molecule has 0 radical (unpaired) electrons. The number of methoxy groups -OCH3 is 1. The minimum absolute atomic E-state index is 0.104. The molecule has 0 atom stereocenters. The first kappa shape index (κ1) is 13.4. The van der Waals surface area contributed by atoms with Crippen LogP contribution >= 0.6 is 0 Å². The number of H-pyrrole nitrogens is 2. The van der Waals surface area contributed by atoms with Crippen molar-refractivity contribution in [1.82, 2.24) is 9.97 Å². The Morgan fingerprint density at radius 3 is 2.00 bits per heavy atom. The van der Waals surface area contributed by atoms with Crippen molar-refractivity contribution in [3.63, 3.8) is 0 Å². The minimum Gasteiger partial charge on any atom is -0.494 e. The summed E-state index contributed by atoms with van der Waals surface area (Å²) in [6.45, 7) is 0. The molecule has 21 heavy (non-hydrogen) atoms. The molecule has 0 unspecified atom stereocenters. The first-order valence-electron chi connectivity index (χ1n) is 6.51. The van der Waals surface area contributed by atoms with Crippen LogP contribution in [0.1, 0.15) is 22.9 Å². The average molecular weight is 288 g/mol. The number of hydrogen-bond acceptors (Lipinski definition) is 1. The van der Waals surface area contributed by atoms with Crippen molar-refractivity contribution in [2.45, 2.75) is 5.92 Å². The van der Waals surface area contributed by atoms with Crippen LogP contribution in [0.3, 0.4) is 0 Å². The molecule has 0 bridgehead atoms. The summed E-state index contributed by atoms with van der Waals surface area (Å²) in [5.74, 6) is -2.41. The van der Waals surface area contributed by atoms with Crippen molar-refractivity contribution in [2.24, 2.45) is 0 Å². The molecule has 0 saturated heterocycles. The Hall–Kier alpha value is -2.56. The van der Waals surface area contributed by atoms with Gasteiger partial charge in [-0.25, -0.2) is 4.39 Å². The highest BCUT2D eigenvalue weighted by Crippen LogP contribution is 2.34. The lowest BCUT2D eigenvalue weighted by atomic mass is 9.92. The van der Waals surface area contributed by atoms with E-state index in [1.165, 1.54) is 13.2 Å². The summed E-state index contributed by atoms with van der Waals surface area (Å²) in [5.41, 5.74) is 1.81. The van der Waals surface area contributed by atoms with Crippen LogP contribution in [0, 0.1) is 11.6 Å². The number of aromatic nitrogens is 2. The highest BCUT2D eigenvalue weighted by molar-refractivity contribution is 5.42. The SMILES string of the molecule is COc1ccc(C(c2ccc[nH]2)c2ccc[nH]2)c(F)c1F. The molecule has 5 heteroatoms. The average Bonchev–Trinajstić information content (AvgIpc) is 3.18. The van der Waals surface area contributed by atoms with E-state index >= 15 is 0 Å². The predicted molar refractivity (Wildman–Crippen MR) is 75.4 cm³/mol. The molecule has 3 aromatic rings. The molecule has 0 saturated carbocycles. The molecular formula is C16H14F2N2O. The Bertz CT molecular complexity index is 687. The zero-order valence-electron chi connectivity index (χ0n) is 11.4. The summed E-state index contributed by atoms with van der Waals surface area (Å²) in [5, 5.41) is 0. The van der Waals surface area contributed by atoms with Crippen LogP contribution in [0.5, 0.6) is 5.75 Å². The second-order valence-electron chi connectivity index (χ2n) is 4.67. The molecule has 3 nitrogen and oxygen atoms in total. The van der Waals surface area contributed by atoms with Gasteiger partial charge in [-0.15, -0.1) is 0 Å². The number of aromatic amines is 2. The standard InChI is InChI=1S/C16H14F2N2O/c1-21-13-7-6-10(15(17)16(13)18)14(11-4-2-8-19-11)12-5-3-9-20-12/h2-9,14,19-20H,1H3. The van der Waals surface area contributed by atoms with E-state index in [1.807, 2.05) is 24.3 Å². The summed E-state index contributed by atoms with van der Waals surface area (Å²) in [7, 11) is 1.31. The second-order valence-corrected chi connectivity index (χ2v) is 4.67. The van der Waals surface area contributed by atoms with E-state index in [4.69, 9.17) is 4.74 Å². The highest BCUT2D eigenvalue weighted by atomic mass is 19.2. The van der Waals surface area contributed by atoms with E-state index in [9.17, 15) is 8.78 Å². The van der Waals surface area contributed by atoms with Crippen molar-refractivity contribution >= 4 is 0 Å². The third-order valence-electron chi connectivity index (χ3n) is 3.47. The molecule has 0 amide bonds. The number of ether oxygens (including phenoxy) is 1. The van der Waals surface area contributed by atoms with Gasteiger partial charge in [0.1, 0.15) is 0 Å².